The van der Waals surface area contributed by atoms with Crippen LogP contribution in [0.4, 0.5) is 0 Å². The molecule has 0 radical (unpaired) electrons. The Kier molecular flexibility index (Phi) is 4.12. The van der Waals surface area contributed by atoms with Crippen LogP contribution in [0.5, 0.6) is 5.75 Å². The maximum Gasteiger partial charge on any atom is 0.237 e. The molecule has 1 aromatic carbocycles. The smallest absolute Gasteiger partial charge is 0.237 e. The van der Waals surface area contributed by atoms with Gasteiger partial charge in [-0.05, 0) is 31.0 Å². The molecule has 1 unspecified atom stereocenters. The average molecular weight is 208 g/mol. The van der Waals surface area contributed by atoms with E-state index in [9.17, 15) is 4.79 Å². The summed E-state index contributed by atoms with van der Waals surface area (Å²) in [6.45, 7) is 2.44. The fourth-order valence-electron chi connectivity index (χ4n) is 1.28. The average Bonchev–Trinajstić information content (AvgIpc) is 2.22. The quantitative estimate of drug-likeness (QED) is 0.670. The van der Waals surface area contributed by atoms with Crippen LogP contribution < -0.4 is 11.1 Å². The number of rotatable bonds is 4. The molecule has 1 atom stereocenters. The lowest BCUT2D eigenvalue weighted by Crippen LogP contribution is -2.41. The van der Waals surface area contributed by atoms with Gasteiger partial charge in [0.25, 0.3) is 0 Å². The molecule has 82 valence electrons. The second kappa shape index (κ2) is 5.36. The van der Waals surface area contributed by atoms with E-state index in [2.05, 4.69) is 5.32 Å². The molecule has 0 aliphatic heterocycles. The van der Waals surface area contributed by atoms with Gasteiger partial charge in [0, 0.05) is 6.54 Å². The summed E-state index contributed by atoms with van der Waals surface area (Å²) in [5.41, 5.74) is 6.64. The van der Waals surface area contributed by atoms with Crippen molar-refractivity contribution in [2.45, 2.75) is 19.4 Å². The van der Waals surface area contributed by atoms with Crippen molar-refractivity contribution in [3.05, 3.63) is 29.8 Å². The molecule has 0 fully saturated rings. The molecule has 4 N–H and O–H groups in total. The predicted molar refractivity (Wildman–Crippen MR) is 58.5 cm³/mol. The number of phenolic OH excluding ortho intramolecular Hbond substituents is 1. The Labute approximate surface area is 89.1 Å². The Morgan fingerprint density at radius 2 is 2.07 bits per heavy atom. The number of carbonyl (C=O) groups excluding carboxylic acids is 1. The van der Waals surface area contributed by atoms with Gasteiger partial charge in [-0.15, -0.1) is 0 Å². The van der Waals surface area contributed by atoms with Gasteiger partial charge in [0.15, 0.2) is 0 Å². The molecule has 1 amide bonds. The van der Waals surface area contributed by atoms with E-state index in [1.165, 1.54) is 0 Å². The lowest BCUT2D eigenvalue weighted by Gasteiger charge is -2.10. The Bertz CT molecular complexity index is 322. The van der Waals surface area contributed by atoms with E-state index >= 15 is 0 Å². The van der Waals surface area contributed by atoms with Crippen LogP contribution in [0.2, 0.25) is 0 Å². The van der Waals surface area contributed by atoms with Crippen molar-refractivity contribution in [1.29, 1.82) is 0 Å². The Morgan fingerprint density at radius 1 is 1.47 bits per heavy atom. The Morgan fingerprint density at radius 3 is 2.60 bits per heavy atom. The van der Waals surface area contributed by atoms with Crippen molar-refractivity contribution >= 4 is 5.91 Å². The first-order valence-corrected chi connectivity index (χ1v) is 4.94. The largest absolute Gasteiger partial charge is 0.508 e. The van der Waals surface area contributed by atoms with Crippen molar-refractivity contribution in [2.75, 3.05) is 6.54 Å². The number of nitrogens with one attached hydrogen (secondary N) is 1. The standard InChI is InChI=1S/C11H16N2O2/c1-2-13-11(15)10(12)7-8-3-5-9(14)6-4-8/h3-6,10,14H,2,7,12H2,1H3,(H,13,15). The maximum absolute atomic E-state index is 11.3. The van der Waals surface area contributed by atoms with Gasteiger partial charge in [-0.3, -0.25) is 4.79 Å². The third kappa shape index (κ3) is 3.59. The molecule has 0 aliphatic carbocycles. The highest BCUT2D eigenvalue weighted by atomic mass is 16.3. The molecule has 1 aromatic rings. The van der Waals surface area contributed by atoms with Gasteiger partial charge in [-0.25, -0.2) is 0 Å². The monoisotopic (exact) mass is 208 g/mol. The first-order chi connectivity index (χ1) is 7.13. The number of phenols is 1. The zero-order chi connectivity index (χ0) is 11.3. The predicted octanol–water partition coefficient (Wildman–Crippen LogP) is 0.398. The number of carbonyl (C=O) groups is 1. The van der Waals surface area contributed by atoms with Crippen molar-refractivity contribution in [2.24, 2.45) is 5.73 Å². The van der Waals surface area contributed by atoms with E-state index in [1.54, 1.807) is 24.3 Å². The number of aromatic hydroxyl groups is 1. The van der Waals surface area contributed by atoms with Gasteiger partial charge < -0.3 is 16.2 Å². The molecule has 0 saturated carbocycles. The summed E-state index contributed by atoms with van der Waals surface area (Å²) in [7, 11) is 0. The zero-order valence-corrected chi connectivity index (χ0v) is 8.73. The molecule has 0 aromatic heterocycles. The van der Waals surface area contributed by atoms with E-state index in [0.29, 0.717) is 13.0 Å². The molecule has 0 saturated heterocycles. The summed E-state index contributed by atoms with van der Waals surface area (Å²) < 4.78 is 0. The third-order valence-corrected chi connectivity index (χ3v) is 2.08. The van der Waals surface area contributed by atoms with Gasteiger partial charge in [-0.1, -0.05) is 12.1 Å². The van der Waals surface area contributed by atoms with Crippen LogP contribution in [0.25, 0.3) is 0 Å². The van der Waals surface area contributed by atoms with Crippen LogP contribution in [0.15, 0.2) is 24.3 Å². The molecule has 0 spiro atoms. The molecular weight excluding hydrogens is 192 g/mol. The molecule has 4 heteroatoms. The lowest BCUT2D eigenvalue weighted by molar-refractivity contribution is -0.122. The van der Waals surface area contributed by atoms with Crippen molar-refractivity contribution in [3.8, 4) is 5.75 Å². The fourth-order valence-corrected chi connectivity index (χ4v) is 1.28. The number of nitrogens with two attached hydrogens (primary N) is 1. The Hall–Kier alpha value is -1.55. The topological polar surface area (TPSA) is 75.4 Å². The van der Waals surface area contributed by atoms with Crippen LogP contribution in [-0.4, -0.2) is 23.6 Å². The number of likely N-dealkylation sites (N-methyl/N-ethyl adjacent to an activating group) is 1. The summed E-state index contributed by atoms with van der Waals surface area (Å²) in [6, 6.07) is 6.15. The van der Waals surface area contributed by atoms with E-state index in [1.807, 2.05) is 6.92 Å². The number of benzene rings is 1. The fraction of sp³-hybridized carbons (Fsp3) is 0.364. The number of hydrogen-bond acceptors (Lipinski definition) is 3. The van der Waals surface area contributed by atoms with E-state index in [0.717, 1.165) is 5.56 Å². The number of amides is 1. The molecule has 0 aliphatic rings. The van der Waals surface area contributed by atoms with Gasteiger partial charge in [0.1, 0.15) is 5.75 Å². The van der Waals surface area contributed by atoms with Crippen molar-refractivity contribution < 1.29 is 9.90 Å². The van der Waals surface area contributed by atoms with Crippen LogP contribution in [0, 0.1) is 0 Å². The minimum Gasteiger partial charge on any atom is -0.508 e. The maximum atomic E-state index is 11.3. The van der Waals surface area contributed by atoms with Gasteiger partial charge in [0.2, 0.25) is 5.91 Å². The van der Waals surface area contributed by atoms with Crippen LogP contribution in [0.3, 0.4) is 0 Å². The third-order valence-electron chi connectivity index (χ3n) is 2.08. The van der Waals surface area contributed by atoms with E-state index < -0.39 is 6.04 Å². The minimum absolute atomic E-state index is 0.148. The zero-order valence-electron chi connectivity index (χ0n) is 8.73. The number of hydrogen-bond donors (Lipinski definition) is 3. The first kappa shape index (κ1) is 11.5. The SMILES string of the molecule is CCNC(=O)C(N)Cc1ccc(O)cc1. The van der Waals surface area contributed by atoms with Gasteiger partial charge >= 0.3 is 0 Å². The molecule has 0 heterocycles. The summed E-state index contributed by atoms with van der Waals surface area (Å²) in [6.07, 6.45) is 0.478. The summed E-state index contributed by atoms with van der Waals surface area (Å²) in [5.74, 6) is 0.0657. The molecule has 4 nitrogen and oxygen atoms in total. The van der Waals surface area contributed by atoms with Gasteiger partial charge in [-0.2, -0.15) is 0 Å². The Balaban J connectivity index is 2.54. The molecular formula is C11H16N2O2. The summed E-state index contributed by atoms with van der Waals surface area (Å²) in [5, 5.41) is 11.7. The van der Waals surface area contributed by atoms with Crippen molar-refractivity contribution in [3.63, 3.8) is 0 Å². The van der Waals surface area contributed by atoms with Crippen LogP contribution in [-0.2, 0) is 11.2 Å². The van der Waals surface area contributed by atoms with Crippen LogP contribution in [0.1, 0.15) is 12.5 Å². The second-order valence-electron chi connectivity index (χ2n) is 3.37. The normalized spacial score (nSPS) is 12.1. The highest BCUT2D eigenvalue weighted by molar-refractivity contribution is 5.81. The highest BCUT2D eigenvalue weighted by Gasteiger charge is 2.12. The highest BCUT2D eigenvalue weighted by Crippen LogP contribution is 2.10. The van der Waals surface area contributed by atoms with Gasteiger partial charge in [0.05, 0.1) is 6.04 Å². The minimum atomic E-state index is -0.533. The molecule has 1 rings (SSSR count). The summed E-state index contributed by atoms with van der Waals surface area (Å²) >= 11 is 0. The van der Waals surface area contributed by atoms with Crippen LogP contribution >= 0.6 is 0 Å². The first-order valence-electron chi connectivity index (χ1n) is 4.94. The summed E-state index contributed by atoms with van der Waals surface area (Å²) in [4.78, 5) is 11.3. The molecule has 0 bridgehead atoms. The van der Waals surface area contributed by atoms with Crippen molar-refractivity contribution in [1.82, 2.24) is 5.32 Å². The second-order valence-corrected chi connectivity index (χ2v) is 3.37. The van der Waals surface area contributed by atoms with E-state index in [-0.39, 0.29) is 11.7 Å². The molecule has 15 heavy (non-hydrogen) atoms. The van der Waals surface area contributed by atoms with E-state index in [4.69, 9.17) is 10.8 Å². The lowest BCUT2D eigenvalue weighted by atomic mass is 10.1.